The predicted molar refractivity (Wildman–Crippen MR) is 89.0 cm³/mol. The summed E-state index contributed by atoms with van der Waals surface area (Å²) >= 11 is 0. The average Bonchev–Trinajstić information content (AvgIpc) is 2.49. The van der Waals surface area contributed by atoms with Crippen molar-refractivity contribution in [3.8, 4) is 5.75 Å². The molecule has 1 aromatic rings. The van der Waals surface area contributed by atoms with E-state index in [-0.39, 0.29) is 0 Å². The highest BCUT2D eigenvalue weighted by Crippen LogP contribution is 2.17. The molecule has 1 aromatic carbocycles. The second-order valence-electron chi connectivity index (χ2n) is 6.40. The maximum Gasteiger partial charge on any atom is 0.122 e. The molecule has 2 rings (SSSR count). The normalized spacial score (nSPS) is 16.6. The van der Waals surface area contributed by atoms with Gasteiger partial charge < -0.3 is 10.1 Å². The number of hydrogen-bond donors (Lipinski definition) is 1. The molecule has 0 radical (unpaired) electrons. The molecule has 1 fully saturated rings. The van der Waals surface area contributed by atoms with Crippen molar-refractivity contribution in [2.75, 3.05) is 32.8 Å². The van der Waals surface area contributed by atoms with Crippen LogP contribution in [0, 0.1) is 12.8 Å². The second-order valence-corrected chi connectivity index (χ2v) is 6.40. The molecule has 1 saturated heterocycles. The van der Waals surface area contributed by atoms with E-state index in [2.05, 4.69) is 49.2 Å². The van der Waals surface area contributed by atoms with Crippen LogP contribution >= 0.6 is 0 Å². The van der Waals surface area contributed by atoms with Crippen molar-refractivity contribution in [3.05, 3.63) is 29.8 Å². The molecule has 3 nitrogen and oxygen atoms in total. The van der Waals surface area contributed by atoms with Crippen molar-refractivity contribution < 1.29 is 4.74 Å². The maximum absolute atomic E-state index is 5.95. The molecule has 0 spiro atoms. The van der Waals surface area contributed by atoms with Gasteiger partial charge in [0.05, 0.1) is 0 Å². The quantitative estimate of drug-likeness (QED) is 0.835. The first-order valence-electron chi connectivity index (χ1n) is 8.30. The second kappa shape index (κ2) is 8.40. The minimum absolute atomic E-state index is 0.584. The van der Waals surface area contributed by atoms with E-state index in [9.17, 15) is 0 Å². The fourth-order valence-electron chi connectivity index (χ4n) is 2.95. The van der Waals surface area contributed by atoms with Crippen LogP contribution in [0.3, 0.4) is 0 Å². The Balaban J connectivity index is 1.78. The summed E-state index contributed by atoms with van der Waals surface area (Å²) < 4.78 is 5.95. The van der Waals surface area contributed by atoms with Crippen LogP contribution in [0.15, 0.2) is 24.3 Å². The molecule has 21 heavy (non-hydrogen) atoms. The first-order chi connectivity index (χ1) is 10.2. The lowest BCUT2D eigenvalue weighted by molar-refractivity contribution is 0.141. The third-order valence-electron chi connectivity index (χ3n) is 4.41. The van der Waals surface area contributed by atoms with Gasteiger partial charge in [0.25, 0.3) is 0 Å². The van der Waals surface area contributed by atoms with Crippen molar-refractivity contribution in [2.45, 2.75) is 39.7 Å². The number of piperidine rings is 1. The van der Waals surface area contributed by atoms with Crippen LogP contribution in [0.25, 0.3) is 0 Å². The van der Waals surface area contributed by atoms with Gasteiger partial charge in [0.2, 0.25) is 0 Å². The first kappa shape index (κ1) is 16.3. The SMILES string of the molecule is Cc1ccccc1OCCN(CC1CCNCC1)C(C)C. The zero-order valence-electron chi connectivity index (χ0n) is 13.8. The van der Waals surface area contributed by atoms with E-state index in [1.807, 2.05) is 6.07 Å². The Hall–Kier alpha value is -1.06. The highest BCUT2D eigenvalue weighted by atomic mass is 16.5. The van der Waals surface area contributed by atoms with E-state index in [0.29, 0.717) is 6.04 Å². The van der Waals surface area contributed by atoms with E-state index in [4.69, 9.17) is 4.74 Å². The lowest BCUT2D eigenvalue weighted by Crippen LogP contribution is -2.41. The van der Waals surface area contributed by atoms with Gasteiger partial charge in [0.15, 0.2) is 0 Å². The minimum atomic E-state index is 0.584. The summed E-state index contributed by atoms with van der Waals surface area (Å²) in [6.07, 6.45) is 2.61. The van der Waals surface area contributed by atoms with Crippen LogP contribution in [0.4, 0.5) is 0 Å². The largest absolute Gasteiger partial charge is 0.492 e. The summed E-state index contributed by atoms with van der Waals surface area (Å²) in [5.41, 5.74) is 1.21. The Morgan fingerprint density at radius 3 is 2.62 bits per heavy atom. The Bertz CT molecular complexity index is 413. The van der Waals surface area contributed by atoms with Crippen LogP contribution in [0.5, 0.6) is 5.75 Å². The number of nitrogens with zero attached hydrogens (tertiary/aromatic N) is 1. The molecule has 0 atom stereocenters. The van der Waals surface area contributed by atoms with Gasteiger partial charge in [-0.3, -0.25) is 4.90 Å². The molecule has 0 unspecified atom stereocenters. The molecule has 1 N–H and O–H groups in total. The van der Waals surface area contributed by atoms with Gasteiger partial charge in [-0.05, 0) is 64.3 Å². The smallest absolute Gasteiger partial charge is 0.122 e. The molecule has 118 valence electrons. The molecule has 1 aliphatic rings. The summed E-state index contributed by atoms with van der Waals surface area (Å²) in [5.74, 6) is 1.86. The summed E-state index contributed by atoms with van der Waals surface area (Å²) in [6, 6.07) is 8.84. The number of ether oxygens (including phenoxy) is 1. The first-order valence-corrected chi connectivity index (χ1v) is 8.30. The zero-order chi connectivity index (χ0) is 15.1. The number of rotatable bonds is 7. The lowest BCUT2D eigenvalue weighted by Gasteiger charge is -2.32. The Morgan fingerprint density at radius 1 is 1.24 bits per heavy atom. The Kier molecular flexibility index (Phi) is 6.52. The highest BCUT2D eigenvalue weighted by Gasteiger charge is 2.18. The van der Waals surface area contributed by atoms with Crippen LogP contribution < -0.4 is 10.1 Å². The molecule has 0 aromatic heterocycles. The Morgan fingerprint density at radius 2 is 1.95 bits per heavy atom. The van der Waals surface area contributed by atoms with E-state index in [0.717, 1.165) is 24.8 Å². The number of benzene rings is 1. The molecule has 1 aliphatic heterocycles. The van der Waals surface area contributed by atoms with Crippen LogP contribution in [0.2, 0.25) is 0 Å². The third kappa shape index (κ3) is 5.33. The molecule has 3 heteroatoms. The fourth-order valence-corrected chi connectivity index (χ4v) is 2.95. The highest BCUT2D eigenvalue weighted by molar-refractivity contribution is 5.31. The molecule has 0 amide bonds. The molecule has 1 heterocycles. The number of nitrogens with one attached hydrogen (secondary N) is 1. The zero-order valence-corrected chi connectivity index (χ0v) is 13.8. The van der Waals surface area contributed by atoms with Gasteiger partial charge in [-0.2, -0.15) is 0 Å². The molecular formula is C18H30N2O. The predicted octanol–water partition coefficient (Wildman–Crippen LogP) is 3.08. The minimum Gasteiger partial charge on any atom is -0.492 e. The standard InChI is InChI=1S/C18H30N2O/c1-15(2)20(14-17-8-10-19-11-9-17)12-13-21-18-7-5-4-6-16(18)3/h4-7,15,17,19H,8-14H2,1-3H3. The van der Waals surface area contributed by atoms with E-state index in [1.165, 1.54) is 38.0 Å². The van der Waals surface area contributed by atoms with Gasteiger partial charge in [-0.15, -0.1) is 0 Å². The van der Waals surface area contributed by atoms with Crippen molar-refractivity contribution in [3.63, 3.8) is 0 Å². The van der Waals surface area contributed by atoms with Crippen molar-refractivity contribution in [1.82, 2.24) is 10.2 Å². The Labute approximate surface area is 129 Å². The fraction of sp³-hybridized carbons (Fsp3) is 0.667. The monoisotopic (exact) mass is 290 g/mol. The number of aryl methyl sites for hydroxylation is 1. The maximum atomic E-state index is 5.95. The van der Waals surface area contributed by atoms with Gasteiger partial charge in [0.1, 0.15) is 12.4 Å². The van der Waals surface area contributed by atoms with E-state index >= 15 is 0 Å². The summed E-state index contributed by atoms with van der Waals surface area (Å²) in [5, 5.41) is 3.44. The van der Waals surface area contributed by atoms with Crippen LogP contribution in [0.1, 0.15) is 32.3 Å². The topological polar surface area (TPSA) is 24.5 Å². The third-order valence-corrected chi connectivity index (χ3v) is 4.41. The molecular weight excluding hydrogens is 260 g/mol. The summed E-state index contributed by atoms with van der Waals surface area (Å²) in [4.78, 5) is 2.56. The summed E-state index contributed by atoms with van der Waals surface area (Å²) in [7, 11) is 0. The van der Waals surface area contributed by atoms with Gasteiger partial charge >= 0.3 is 0 Å². The van der Waals surface area contributed by atoms with E-state index < -0.39 is 0 Å². The van der Waals surface area contributed by atoms with E-state index in [1.54, 1.807) is 0 Å². The molecule has 0 bridgehead atoms. The van der Waals surface area contributed by atoms with Crippen molar-refractivity contribution in [1.29, 1.82) is 0 Å². The van der Waals surface area contributed by atoms with Gasteiger partial charge in [0, 0.05) is 19.1 Å². The summed E-state index contributed by atoms with van der Waals surface area (Å²) in [6.45, 7) is 12.0. The van der Waals surface area contributed by atoms with Gasteiger partial charge in [-0.1, -0.05) is 18.2 Å². The van der Waals surface area contributed by atoms with Crippen molar-refractivity contribution in [2.24, 2.45) is 5.92 Å². The average molecular weight is 290 g/mol. The van der Waals surface area contributed by atoms with Gasteiger partial charge in [-0.25, -0.2) is 0 Å². The molecule has 0 aliphatic carbocycles. The number of para-hydroxylation sites is 1. The van der Waals surface area contributed by atoms with Crippen LogP contribution in [-0.2, 0) is 0 Å². The molecule has 0 saturated carbocycles. The number of hydrogen-bond acceptors (Lipinski definition) is 3. The van der Waals surface area contributed by atoms with Crippen LogP contribution in [-0.4, -0.2) is 43.7 Å². The lowest BCUT2D eigenvalue weighted by atomic mass is 9.97. The van der Waals surface area contributed by atoms with Crippen molar-refractivity contribution >= 4 is 0 Å².